The van der Waals surface area contributed by atoms with Crippen LogP contribution in [0.15, 0.2) is 289 Å². The Balaban J connectivity index is 0.000000164. The van der Waals surface area contributed by atoms with E-state index in [1.165, 1.54) is 18.3 Å². The summed E-state index contributed by atoms with van der Waals surface area (Å²) in [4.78, 5) is 97.8. The summed E-state index contributed by atoms with van der Waals surface area (Å²) in [5.41, 5.74) is 24.4. The van der Waals surface area contributed by atoms with Gasteiger partial charge in [-0.05, 0) is 272 Å². The van der Waals surface area contributed by atoms with E-state index in [1.807, 2.05) is 357 Å². The van der Waals surface area contributed by atoms with Crippen LogP contribution in [-0.4, -0.2) is 56.3 Å². The molecule has 0 amide bonds. The van der Waals surface area contributed by atoms with Crippen molar-refractivity contribution in [2.75, 3.05) is 6.66 Å². The van der Waals surface area contributed by atoms with Crippen LogP contribution in [0.5, 0.6) is 0 Å². The van der Waals surface area contributed by atoms with Gasteiger partial charge < -0.3 is 23.1 Å². The van der Waals surface area contributed by atoms with Crippen molar-refractivity contribution in [2.24, 2.45) is 5.16 Å². The second-order valence-electron chi connectivity index (χ2n) is 35.7. The zero-order valence-corrected chi connectivity index (χ0v) is 86.6. The molecule has 136 heavy (non-hydrogen) atoms. The van der Waals surface area contributed by atoms with E-state index in [1.54, 1.807) is 68.2 Å². The van der Waals surface area contributed by atoms with Crippen molar-refractivity contribution in [1.82, 2.24) is 4.57 Å². The third-order valence-corrected chi connectivity index (χ3v) is 37.2. The Morgan fingerprint density at radius 1 is 0.309 bits per heavy atom. The van der Waals surface area contributed by atoms with Gasteiger partial charge in [-0.2, -0.15) is 0 Å². The summed E-state index contributed by atoms with van der Waals surface area (Å²) in [7, 11) is -10.7. The topological polar surface area (TPSA) is 214 Å². The third-order valence-electron chi connectivity index (χ3n) is 24.3. The zero-order chi connectivity index (χ0) is 99.5. The van der Waals surface area contributed by atoms with Gasteiger partial charge in [-0.3, -0.25) is 33.3 Å². The number of benzene rings is 14. The molecule has 0 spiro atoms. The largest absolute Gasteiger partial charge is 0.341 e. The van der Waals surface area contributed by atoms with Crippen LogP contribution in [0.1, 0.15) is 205 Å². The molecule has 696 valence electrons. The summed E-state index contributed by atoms with van der Waals surface area (Å²) < 4.78 is 58.4. The number of carbonyl (C=O) groups is 7. The van der Waals surface area contributed by atoms with Gasteiger partial charge in [-0.25, -0.2) is 4.79 Å². The number of ketones is 1. The first-order valence-corrected chi connectivity index (χ1v) is 53.9. The number of carbonyl (C=O) groups excluding carboxylic acids is 7. The van der Waals surface area contributed by atoms with Gasteiger partial charge in [-0.15, -0.1) is 0 Å². The number of rotatable bonds is 22. The molecular formula is C117H120N2O12P4S. The van der Waals surface area contributed by atoms with Crippen molar-refractivity contribution in [3.05, 3.63) is 435 Å². The van der Waals surface area contributed by atoms with Crippen molar-refractivity contribution < 1.29 is 56.7 Å². The van der Waals surface area contributed by atoms with E-state index in [4.69, 9.17) is 4.84 Å². The molecule has 15 aromatic rings. The minimum Gasteiger partial charge on any atom is -0.341 e. The molecule has 0 saturated carbocycles. The lowest BCUT2D eigenvalue weighted by Crippen LogP contribution is -2.24. The summed E-state index contributed by atoms with van der Waals surface area (Å²) in [5, 5.41) is 8.60. The molecule has 2 atom stereocenters. The van der Waals surface area contributed by atoms with Crippen molar-refractivity contribution in [3.8, 4) is 0 Å². The molecule has 15 rings (SSSR count). The van der Waals surface area contributed by atoms with Crippen LogP contribution >= 0.6 is 39.2 Å². The smallest absolute Gasteiger partial charge is 0.331 e. The highest BCUT2D eigenvalue weighted by Gasteiger charge is 2.46. The number of aromatic nitrogens is 1. The average molecular weight is 1900 g/mol. The normalized spacial score (nSPS) is 12.2. The number of hydrogen-bond donors (Lipinski definition) is 0. The molecule has 1 aromatic heterocycles. The van der Waals surface area contributed by atoms with Crippen molar-refractivity contribution in [1.29, 1.82) is 0 Å². The Morgan fingerprint density at radius 3 is 1.02 bits per heavy atom. The minimum atomic E-state index is -4.11. The van der Waals surface area contributed by atoms with Gasteiger partial charge >= 0.3 is 5.97 Å². The standard InChI is InChI=1S/C26H24N2O3.C26H27O3P.C24H25O2PS.C24H25O2P.C17H19O2P/c1-5-28-24-12-10-19(17(3)27-31-18(4)29)14-22(24)23-15-20(11-13-25(23)28)26(30)21-9-7-6-8-16(21)2;1-16-12-18(3)23(19(4)13-16)25(27)30(29,22-10-8-7-9-11-22)26(28)24-20(5)14-17(2)15-21(24)6;1-16-11-12-22(18(3)13-16)28-27(26,21-9-7-6-8-10-21)24(25)23-19(4)14-17(2)15-20(23)5;1-16-6-10-21(11-7-16)27(26,22-12-8-17(2)9-13-22)24(25)23-19(4)14-18(3)15-20(23)5;1-12-10-13(2)16(14(3)11-12)17(18)20(4,19)15-8-6-5-7-9-15/h6-15H,5H2,1-4H3;7-15H,1-6H3;6-15H,1-5H3;6-15H,1-5H3;5-11H,1-4H3/b27-17+;;;;. The van der Waals surface area contributed by atoms with E-state index in [0.29, 0.717) is 65.9 Å². The number of oxime groups is 1. The van der Waals surface area contributed by atoms with Crippen LogP contribution in [0.25, 0.3) is 21.8 Å². The van der Waals surface area contributed by atoms with E-state index in [2.05, 4.69) is 22.7 Å². The maximum absolute atomic E-state index is 14.5. The fourth-order valence-corrected chi connectivity index (χ4v) is 29.8. The van der Waals surface area contributed by atoms with Crippen molar-refractivity contribution in [3.63, 3.8) is 0 Å². The molecule has 19 heteroatoms. The molecule has 2 unspecified atom stereocenters. The van der Waals surface area contributed by atoms with Crippen LogP contribution in [0, 0.1) is 138 Å². The predicted molar refractivity (Wildman–Crippen MR) is 567 cm³/mol. The second kappa shape index (κ2) is 44.0. The fraction of sp³-hybridized carbons (Fsp3) is 0.214. The summed E-state index contributed by atoms with van der Waals surface area (Å²) in [5.74, 6) is -0.441. The highest BCUT2D eigenvalue weighted by molar-refractivity contribution is 8.65. The number of nitrogens with zero attached hydrogens (tertiary/aromatic N) is 2. The van der Waals surface area contributed by atoms with E-state index < -0.39 is 44.8 Å². The monoisotopic (exact) mass is 1900 g/mol. The van der Waals surface area contributed by atoms with E-state index in [-0.39, 0.29) is 27.7 Å². The number of aryl methyl sites for hydroxylation is 21. The molecule has 14 nitrogen and oxygen atoms in total. The van der Waals surface area contributed by atoms with Gasteiger partial charge in [0.05, 0.1) is 5.71 Å². The lowest BCUT2D eigenvalue weighted by atomic mass is 9.97. The first kappa shape index (κ1) is 104. The van der Waals surface area contributed by atoms with Gasteiger partial charge in [0.15, 0.2) is 12.9 Å². The molecule has 1 heterocycles. The second-order valence-corrected chi connectivity index (χ2v) is 48.5. The minimum absolute atomic E-state index is 0.0150. The summed E-state index contributed by atoms with van der Waals surface area (Å²) in [6.07, 6.45) is -3.44. The Bertz CT molecular complexity index is 7200. The van der Waals surface area contributed by atoms with Gasteiger partial charge in [0.2, 0.25) is 48.2 Å². The summed E-state index contributed by atoms with van der Waals surface area (Å²) in [6, 6.07) is 86.6. The quantitative estimate of drug-likeness (QED) is 0.0203. The van der Waals surface area contributed by atoms with Crippen LogP contribution in [0.4, 0.5) is 0 Å². The molecule has 0 aliphatic rings. The number of hydrogen-bond acceptors (Lipinski definition) is 14. The van der Waals surface area contributed by atoms with Gasteiger partial charge in [0, 0.05) is 112 Å². The third kappa shape index (κ3) is 22.8. The molecule has 0 saturated heterocycles. The van der Waals surface area contributed by atoms with Crippen LogP contribution in [0.3, 0.4) is 0 Å². The highest BCUT2D eigenvalue weighted by Crippen LogP contribution is 2.64. The summed E-state index contributed by atoms with van der Waals surface area (Å²) in [6.45, 7) is 46.3. The summed E-state index contributed by atoms with van der Waals surface area (Å²) >= 11 is 1.21. The average Bonchev–Trinajstić information content (AvgIpc) is 1.43. The van der Waals surface area contributed by atoms with Crippen LogP contribution in [-0.2, 0) is 34.4 Å². The maximum atomic E-state index is 14.5. The van der Waals surface area contributed by atoms with E-state index >= 15 is 0 Å². The first-order valence-electron chi connectivity index (χ1n) is 45.2. The predicted octanol–water partition coefficient (Wildman–Crippen LogP) is 28.1. The Hall–Kier alpha value is -12.7. The van der Waals surface area contributed by atoms with Crippen molar-refractivity contribution >= 4 is 133 Å². The Kier molecular flexibility index (Phi) is 33.6. The molecule has 0 radical (unpaired) electrons. The highest BCUT2D eigenvalue weighted by atomic mass is 32.7. The maximum Gasteiger partial charge on any atom is 0.331 e. The Morgan fingerprint density at radius 2 is 0.640 bits per heavy atom. The molecule has 14 aromatic carbocycles. The molecule has 0 bridgehead atoms. The Labute approximate surface area is 805 Å². The van der Waals surface area contributed by atoms with Gasteiger partial charge in [0.25, 0.3) is 0 Å². The molecular weight excluding hydrogens is 1780 g/mol. The SMILES string of the molecule is CCn1c2ccc(C(=O)c3ccccc3C)cc2c2cc(/C(C)=N/OC(C)=O)ccc21.Cc1cc(C)c(C(=O)P(=O)(C(=O)c2c(C)cc(C)cc2C)c2ccccc2)c(C)c1.Cc1cc(C)c(C(=O)P(C)(=O)c2ccccc2)c(C)c1.Cc1ccc(P(=O)(C(=O)c2c(C)cc(C)cc2C)c2ccc(C)cc2)cc1.Cc1ccc(SP(=O)(C(=O)c2c(C)cc(C)cc2C)c2ccccc2)c(C)c1. The zero-order valence-electron chi connectivity index (χ0n) is 82.3. The molecule has 0 aliphatic carbocycles. The van der Waals surface area contributed by atoms with Crippen molar-refractivity contribution in [2.45, 2.75) is 171 Å². The molecule has 0 fully saturated rings. The first-order chi connectivity index (χ1) is 64.3. The van der Waals surface area contributed by atoms with Crippen LogP contribution < -0.4 is 26.5 Å². The van der Waals surface area contributed by atoms with E-state index in [9.17, 15) is 51.8 Å². The fourth-order valence-electron chi connectivity index (χ4n) is 18.0. The lowest BCUT2D eigenvalue weighted by Gasteiger charge is -2.21. The number of fused-ring (bicyclic) bond motifs is 3. The molecule has 0 aliphatic heterocycles. The van der Waals surface area contributed by atoms with E-state index in [0.717, 1.165) is 150 Å². The van der Waals surface area contributed by atoms with Crippen LogP contribution in [0.2, 0.25) is 0 Å². The lowest BCUT2D eigenvalue weighted by molar-refractivity contribution is -0.140. The molecule has 0 N–H and O–H groups in total. The van der Waals surface area contributed by atoms with Gasteiger partial charge in [-0.1, -0.05) is 292 Å². The van der Waals surface area contributed by atoms with Gasteiger partial charge in [0.1, 0.15) is 0 Å².